The number of halogens is 1. The first kappa shape index (κ1) is 24.2. The number of likely N-dealkylation sites (tertiary alicyclic amines) is 1. The van der Waals surface area contributed by atoms with Crippen molar-refractivity contribution in [1.29, 1.82) is 0 Å². The van der Waals surface area contributed by atoms with E-state index >= 15 is 0 Å². The Bertz CT molecular complexity index is 796. The summed E-state index contributed by atoms with van der Waals surface area (Å²) >= 11 is 5.11. The molecule has 1 aromatic rings. The van der Waals surface area contributed by atoms with Gasteiger partial charge in [0.15, 0.2) is 0 Å². The van der Waals surface area contributed by atoms with Gasteiger partial charge in [-0.25, -0.2) is 4.79 Å². The highest BCUT2D eigenvalue weighted by Crippen LogP contribution is 2.41. The number of hydrogen-bond donors (Lipinski definition) is 0. The van der Waals surface area contributed by atoms with Gasteiger partial charge in [-0.3, -0.25) is 4.90 Å². The number of nitrogens with zero attached hydrogens (tertiary/aromatic N) is 3. The predicted octanol–water partition coefficient (Wildman–Crippen LogP) is 3.95. The highest BCUT2D eigenvalue weighted by atomic mass is 79.9. The number of amides is 1. The third-order valence-corrected chi connectivity index (χ3v) is 8.27. The maximum Gasteiger partial charge on any atom is 0.410 e. The number of carbonyl (C=O) groups excluding carboxylic acids is 1. The minimum Gasteiger partial charge on any atom is -0.489 e. The van der Waals surface area contributed by atoms with Crippen LogP contribution in [0, 0.1) is 11.8 Å². The maximum atomic E-state index is 12.4. The van der Waals surface area contributed by atoms with Gasteiger partial charge in [-0.05, 0) is 79.1 Å². The molecule has 3 aliphatic rings. The minimum atomic E-state index is -0.442. The summed E-state index contributed by atoms with van der Waals surface area (Å²) in [5.74, 6) is 1.94. The summed E-state index contributed by atoms with van der Waals surface area (Å²) in [6.07, 6.45) is 4.24. The molecule has 0 radical (unpaired) electrons. The Hall–Kier alpha value is -0.960. The van der Waals surface area contributed by atoms with Crippen LogP contribution in [-0.2, 0) is 23.2 Å². The van der Waals surface area contributed by atoms with Gasteiger partial charge in [0.25, 0.3) is 0 Å². The van der Waals surface area contributed by atoms with Crippen LogP contribution >= 0.6 is 15.9 Å². The van der Waals surface area contributed by atoms with E-state index in [-0.39, 0.29) is 12.2 Å². The maximum absolute atomic E-state index is 12.4. The second kappa shape index (κ2) is 10.1. The van der Waals surface area contributed by atoms with E-state index in [0.717, 1.165) is 68.9 Å². The third-order valence-electron chi connectivity index (χ3n) is 6.69. The molecule has 32 heavy (non-hydrogen) atoms. The monoisotopic (exact) mass is 526 g/mol. The Morgan fingerprint density at radius 2 is 1.78 bits per heavy atom. The predicted molar refractivity (Wildman–Crippen MR) is 134 cm³/mol. The number of rotatable bonds is 5. The van der Waals surface area contributed by atoms with Crippen LogP contribution in [0.5, 0.6) is 5.75 Å². The van der Waals surface area contributed by atoms with Crippen molar-refractivity contribution in [3.05, 3.63) is 28.2 Å². The zero-order valence-corrected chi connectivity index (χ0v) is 22.2. The number of benzene rings is 1. The summed E-state index contributed by atoms with van der Waals surface area (Å²) in [5.41, 5.74) is 0.880. The van der Waals surface area contributed by atoms with Gasteiger partial charge >= 0.3 is 6.09 Å². The van der Waals surface area contributed by atoms with E-state index in [0.29, 0.717) is 11.8 Å². The smallest absolute Gasteiger partial charge is 0.410 e. The highest BCUT2D eigenvalue weighted by Gasteiger charge is 2.44. The van der Waals surface area contributed by atoms with Crippen LogP contribution in [0.2, 0.25) is 0 Å². The van der Waals surface area contributed by atoms with Gasteiger partial charge in [0.2, 0.25) is 0 Å². The molecule has 2 unspecified atom stereocenters. The fourth-order valence-corrected chi connectivity index (χ4v) is 6.19. The van der Waals surface area contributed by atoms with E-state index < -0.39 is 5.60 Å². The van der Waals surface area contributed by atoms with Gasteiger partial charge < -0.3 is 14.4 Å². The molecule has 0 aromatic heterocycles. The molecule has 1 amide bonds. The van der Waals surface area contributed by atoms with E-state index in [1.165, 1.54) is 17.5 Å². The fraction of sp³-hybridized carbons (Fsp3) is 0.708. The molecule has 2 saturated heterocycles. The van der Waals surface area contributed by atoms with Gasteiger partial charge in [-0.15, -0.1) is 4.31 Å². The summed E-state index contributed by atoms with van der Waals surface area (Å²) in [5, 5.41) is 0. The van der Waals surface area contributed by atoms with Gasteiger partial charge in [0.05, 0.1) is 35.6 Å². The lowest BCUT2D eigenvalue weighted by atomic mass is 10.0. The van der Waals surface area contributed by atoms with Crippen molar-refractivity contribution in [2.45, 2.75) is 51.9 Å². The molecule has 1 aromatic carbocycles. The van der Waals surface area contributed by atoms with E-state index in [4.69, 9.17) is 9.47 Å². The van der Waals surface area contributed by atoms with Crippen molar-refractivity contribution in [3.8, 4) is 5.75 Å². The van der Waals surface area contributed by atoms with Crippen LogP contribution in [0.4, 0.5) is 4.79 Å². The molecule has 0 spiro atoms. The van der Waals surface area contributed by atoms with Gasteiger partial charge in [-0.2, -0.15) is 0 Å². The first-order valence-electron chi connectivity index (χ1n) is 11.7. The molecule has 3 fully saturated rings. The first-order chi connectivity index (χ1) is 15.2. The summed E-state index contributed by atoms with van der Waals surface area (Å²) in [6.45, 7) is 12.9. The molecular weight excluding hydrogens is 490 g/mol. The zero-order valence-electron chi connectivity index (χ0n) is 19.7. The lowest BCUT2D eigenvalue weighted by molar-refractivity contribution is 0.0272. The Morgan fingerprint density at radius 1 is 1.12 bits per heavy atom. The molecule has 1 aliphatic carbocycles. The van der Waals surface area contributed by atoms with Crippen LogP contribution < -0.4 is 4.74 Å². The number of ether oxygens (including phenoxy) is 2. The van der Waals surface area contributed by atoms with Crippen LogP contribution in [0.3, 0.4) is 0 Å². The van der Waals surface area contributed by atoms with Crippen LogP contribution in [-0.4, -0.2) is 77.4 Å². The third kappa shape index (κ3) is 6.13. The van der Waals surface area contributed by atoms with E-state index in [1.807, 2.05) is 25.7 Å². The second-order valence-electron chi connectivity index (χ2n) is 10.3. The normalized spacial score (nSPS) is 26.9. The number of piperazine rings is 1. The zero-order chi connectivity index (χ0) is 22.9. The summed E-state index contributed by atoms with van der Waals surface area (Å²) < 4.78 is 15.4. The first-order valence-corrected chi connectivity index (χ1v) is 13.8. The fourth-order valence-electron chi connectivity index (χ4n) is 5.09. The van der Waals surface area contributed by atoms with E-state index in [2.05, 4.69) is 49.6 Å². The lowest BCUT2D eigenvalue weighted by Crippen LogP contribution is -2.44. The molecule has 6 nitrogen and oxygen atoms in total. The number of carbonyl (C=O) groups is 1. The van der Waals surface area contributed by atoms with Crippen LogP contribution in [0.25, 0.3) is 0 Å². The molecule has 0 N–H and O–H groups in total. The van der Waals surface area contributed by atoms with Gasteiger partial charge in [0.1, 0.15) is 17.6 Å². The molecule has 178 valence electrons. The van der Waals surface area contributed by atoms with Crippen molar-refractivity contribution in [2.24, 2.45) is 11.8 Å². The molecule has 8 heteroatoms. The standard InChI is InChI=1S/C24H36BrN3O3S/c1-24(2,3)31-23(29)27-15-18-12-20(13-19(18)16-27)30-22-6-5-17(11-21(22)25)14-26-7-9-28(32-4)10-8-26/h5-6,11,18-20H,7-10,12-16H2,1-4H3/p+1/t18-,19?,20?/m0/s1. The molecule has 3 atom stereocenters. The van der Waals surface area contributed by atoms with Crippen molar-refractivity contribution in [1.82, 2.24) is 14.1 Å². The van der Waals surface area contributed by atoms with Gasteiger partial charge in [-0.1, -0.05) is 6.07 Å². The quantitative estimate of drug-likeness (QED) is 0.429. The van der Waals surface area contributed by atoms with Crippen LogP contribution in [0.1, 0.15) is 39.2 Å². The Balaban J connectivity index is 1.26. The lowest BCUT2D eigenvalue weighted by Gasteiger charge is -2.30. The molecular formula is C24H37BrN3O3S+. The summed E-state index contributed by atoms with van der Waals surface area (Å²) in [6, 6.07) is 6.52. The molecule has 2 heterocycles. The Kier molecular flexibility index (Phi) is 7.64. The van der Waals surface area contributed by atoms with Crippen molar-refractivity contribution >= 4 is 34.0 Å². The Morgan fingerprint density at radius 3 is 2.34 bits per heavy atom. The number of thiol groups is 1. The molecule has 1 saturated carbocycles. The largest absolute Gasteiger partial charge is 0.489 e. The van der Waals surface area contributed by atoms with Crippen molar-refractivity contribution in [3.63, 3.8) is 0 Å². The average molecular weight is 528 g/mol. The minimum absolute atomic E-state index is 0.182. The molecule has 2 aliphatic heterocycles. The van der Waals surface area contributed by atoms with Crippen molar-refractivity contribution < 1.29 is 14.3 Å². The summed E-state index contributed by atoms with van der Waals surface area (Å²) in [4.78, 5) is 16.8. The molecule has 0 bridgehead atoms. The number of hydrogen-bond acceptors (Lipinski definition) is 5. The topological polar surface area (TPSA) is 45.2 Å². The molecule has 4 rings (SSSR count). The summed E-state index contributed by atoms with van der Waals surface area (Å²) in [7, 11) is 0. The Labute approximate surface area is 205 Å². The number of fused-ring (bicyclic) bond motifs is 1. The van der Waals surface area contributed by atoms with E-state index in [1.54, 1.807) is 0 Å². The second-order valence-corrected chi connectivity index (χ2v) is 12.1. The van der Waals surface area contributed by atoms with Crippen molar-refractivity contribution in [2.75, 3.05) is 45.5 Å². The average Bonchev–Trinajstić information content (AvgIpc) is 3.28. The highest BCUT2D eigenvalue weighted by molar-refractivity contribution is 9.10. The van der Waals surface area contributed by atoms with Gasteiger partial charge in [0, 0.05) is 32.7 Å². The van der Waals surface area contributed by atoms with E-state index in [9.17, 15) is 4.79 Å². The van der Waals surface area contributed by atoms with Crippen LogP contribution in [0.15, 0.2) is 22.7 Å². The SMILES string of the molecule is C[SH+]N1CCN(Cc2ccc(OC3CC4CN(C(=O)OC(C)(C)C)C[C@@H]4C3)c(Br)c2)CC1.